The Hall–Kier alpha value is -1.46. The molecule has 2 rings (SSSR count). The Morgan fingerprint density at radius 2 is 1.96 bits per heavy atom. The van der Waals surface area contributed by atoms with Crippen molar-refractivity contribution in [1.29, 1.82) is 0 Å². The summed E-state index contributed by atoms with van der Waals surface area (Å²) >= 11 is 12.2. The van der Waals surface area contributed by atoms with Crippen molar-refractivity contribution in [2.75, 3.05) is 13.6 Å². The van der Waals surface area contributed by atoms with E-state index < -0.39 is 17.7 Å². The lowest BCUT2D eigenvalue weighted by Crippen LogP contribution is -2.53. The van der Waals surface area contributed by atoms with Gasteiger partial charge < -0.3 is 9.64 Å². The number of piperidine rings is 1. The molecule has 2 amide bonds. The van der Waals surface area contributed by atoms with Crippen molar-refractivity contribution >= 4 is 35.2 Å². The van der Waals surface area contributed by atoms with Crippen molar-refractivity contribution in [2.24, 2.45) is 0 Å². The third kappa shape index (κ3) is 5.52. The summed E-state index contributed by atoms with van der Waals surface area (Å²) in [5.41, 5.74) is 0.178. The molecule has 1 heterocycles. The van der Waals surface area contributed by atoms with Crippen molar-refractivity contribution in [3.63, 3.8) is 0 Å². The van der Waals surface area contributed by atoms with E-state index in [1.165, 1.54) is 0 Å². The summed E-state index contributed by atoms with van der Waals surface area (Å²) in [4.78, 5) is 28.6. The third-order valence-corrected chi connectivity index (χ3v) is 4.81. The SMILES string of the molecule is CN(Cc1cc(Cl)ccc1Cl)C(=O)[C@H]1CCCCN1C(=O)OC(C)(C)C. The van der Waals surface area contributed by atoms with Gasteiger partial charge in [-0.1, -0.05) is 23.2 Å². The monoisotopic (exact) mass is 400 g/mol. The van der Waals surface area contributed by atoms with Crippen LogP contribution in [-0.2, 0) is 16.1 Å². The molecular weight excluding hydrogens is 375 g/mol. The van der Waals surface area contributed by atoms with Gasteiger partial charge in [0.25, 0.3) is 0 Å². The Bertz CT molecular complexity index is 673. The van der Waals surface area contributed by atoms with Crippen molar-refractivity contribution in [3.8, 4) is 0 Å². The van der Waals surface area contributed by atoms with Crippen LogP contribution in [0.2, 0.25) is 10.0 Å². The van der Waals surface area contributed by atoms with Crippen LogP contribution in [0.25, 0.3) is 0 Å². The number of rotatable bonds is 3. The molecule has 5 nitrogen and oxygen atoms in total. The van der Waals surface area contributed by atoms with Gasteiger partial charge in [-0.3, -0.25) is 9.69 Å². The zero-order valence-corrected chi connectivity index (χ0v) is 17.2. The molecule has 1 aliphatic heterocycles. The Morgan fingerprint density at radius 3 is 2.62 bits per heavy atom. The van der Waals surface area contributed by atoms with Crippen molar-refractivity contribution in [1.82, 2.24) is 9.80 Å². The number of nitrogens with zero attached hydrogens (tertiary/aromatic N) is 2. The maximum atomic E-state index is 13.0. The highest BCUT2D eigenvalue weighted by atomic mass is 35.5. The zero-order chi connectivity index (χ0) is 19.5. The first-order chi connectivity index (χ1) is 12.1. The van der Waals surface area contributed by atoms with Crippen molar-refractivity contribution in [2.45, 2.75) is 58.2 Å². The van der Waals surface area contributed by atoms with Gasteiger partial charge >= 0.3 is 6.09 Å². The zero-order valence-electron chi connectivity index (χ0n) is 15.7. The molecule has 0 spiro atoms. The predicted octanol–water partition coefficient (Wildman–Crippen LogP) is 4.74. The highest BCUT2D eigenvalue weighted by Crippen LogP contribution is 2.25. The largest absolute Gasteiger partial charge is 0.444 e. The van der Waals surface area contributed by atoms with Gasteiger partial charge in [-0.15, -0.1) is 0 Å². The van der Waals surface area contributed by atoms with Crippen LogP contribution in [0.15, 0.2) is 18.2 Å². The second-order valence-corrected chi connectivity index (χ2v) is 8.46. The Morgan fingerprint density at radius 1 is 1.27 bits per heavy atom. The highest BCUT2D eigenvalue weighted by molar-refractivity contribution is 6.33. The maximum absolute atomic E-state index is 13.0. The second-order valence-electron chi connectivity index (χ2n) is 7.62. The number of benzene rings is 1. The molecule has 0 radical (unpaired) electrons. The number of carbonyl (C=O) groups excluding carboxylic acids is 2. The van der Waals surface area contributed by atoms with E-state index in [1.807, 2.05) is 20.8 Å². The summed E-state index contributed by atoms with van der Waals surface area (Å²) in [6, 6.07) is 4.66. The third-order valence-electron chi connectivity index (χ3n) is 4.21. The van der Waals surface area contributed by atoms with Gasteiger partial charge in [0.1, 0.15) is 11.6 Å². The Kier molecular flexibility index (Phi) is 6.80. The maximum Gasteiger partial charge on any atom is 0.410 e. The van der Waals surface area contributed by atoms with Crippen LogP contribution < -0.4 is 0 Å². The van der Waals surface area contributed by atoms with Gasteiger partial charge in [0.05, 0.1) is 0 Å². The normalized spacial score (nSPS) is 17.8. The van der Waals surface area contributed by atoms with E-state index in [9.17, 15) is 9.59 Å². The first-order valence-electron chi connectivity index (χ1n) is 8.77. The fourth-order valence-electron chi connectivity index (χ4n) is 2.98. The van der Waals surface area contributed by atoms with Crippen LogP contribution in [0.4, 0.5) is 4.79 Å². The molecule has 1 fully saturated rings. The number of ether oxygens (including phenoxy) is 1. The summed E-state index contributed by atoms with van der Waals surface area (Å²) in [5.74, 6) is -0.119. The summed E-state index contributed by atoms with van der Waals surface area (Å²) in [7, 11) is 1.71. The molecule has 0 aromatic heterocycles. The van der Waals surface area contributed by atoms with Gasteiger partial charge in [0, 0.05) is 30.2 Å². The van der Waals surface area contributed by atoms with Crippen LogP contribution in [-0.4, -0.2) is 47.0 Å². The van der Waals surface area contributed by atoms with Crippen LogP contribution in [0.3, 0.4) is 0 Å². The van der Waals surface area contributed by atoms with Crippen LogP contribution in [0.1, 0.15) is 45.6 Å². The summed E-state index contributed by atoms with van der Waals surface area (Å²) in [6.07, 6.45) is 1.96. The fraction of sp³-hybridized carbons (Fsp3) is 0.579. The van der Waals surface area contributed by atoms with E-state index in [0.717, 1.165) is 18.4 Å². The number of hydrogen-bond acceptors (Lipinski definition) is 3. The summed E-state index contributed by atoms with van der Waals surface area (Å²) in [5, 5.41) is 1.12. The highest BCUT2D eigenvalue weighted by Gasteiger charge is 2.36. The number of likely N-dealkylation sites (tertiary alicyclic amines) is 1. The van der Waals surface area contributed by atoms with Crippen molar-refractivity contribution in [3.05, 3.63) is 33.8 Å². The van der Waals surface area contributed by atoms with Gasteiger partial charge in [0.15, 0.2) is 0 Å². The minimum atomic E-state index is -0.595. The van der Waals surface area contributed by atoms with E-state index in [4.69, 9.17) is 27.9 Å². The molecule has 1 atom stereocenters. The predicted molar refractivity (Wildman–Crippen MR) is 104 cm³/mol. The summed E-state index contributed by atoms with van der Waals surface area (Å²) < 4.78 is 5.47. The first kappa shape index (κ1) is 20.8. The number of likely N-dealkylation sites (N-methyl/N-ethyl adjacent to an activating group) is 1. The molecule has 0 N–H and O–H groups in total. The van der Waals surface area contributed by atoms with Crippen LogP contribution in [0.5, 0.6) is 0 Å². The van der Waals surface area contributed by atoms with E-state index in [2.05, 4.69) is 0 Å². The van der Waals surface area contributed by atoms with E-state index in [1.54, 1.807) is 35.0 Å². The standard InChI is InChI=1S/C19H26Cl2N2O3/c1-19(2,3)26-18(25)23-10-6-5-7-16(23)17(24)22(4)12-13-11-14(20)8-9-15(13)21/h8-9,11,16H,5-7,10,12H2,1-4H3/t16-/m1/s1. The van der Waals surface area contributed by atoms with Crippen molar-refractivity contribution < 1.29 is 14.3 Å². The molecule has 144 valence electrons. The van der Waals surface area contributed by atoms with E-state index in [-0.39, 0.29) is 5.91 Å². The molecule has 0 bridgehead atoms. The smallest absolute Gasteiger partial charge is 0.410 e. The molecule has 1 saturated heterocycles. The first-order valence-corrected chi connectivity index (χ1v) is 9.52. The number of carbonyl (C=O) groups is 2. The molecule has 26 heavy (non-hydrogen) atoms. The minimum absolute atomic E-state index is 0.119. The lowest BCUT2D eigenvalue weighted by molar-refractivity contribution is -0.137. The molecule has 7 heteroatoms. The Labute approximate surface area is 165 Å². The number of halogens is 2. The van der Waals surface area contributed by atoms with Gasteiger partial charge in [0.2, 0.25) is 5.91 Å². The van der Waals surface area contributed by atoms with Crippen LogP contribution >= 0.6 is 23.2 Å². The van der Waals surface area contributed by atoms with E-state index in [0.29, 0.717) is 29.6 Å². The van der Waals surface area contributed by atoms with Gasteiger partial charge in [-0.25, -0.2) is 4.79 Å². The van der Waals surface area contributed by atoms with Crippen LogP contribution in [0, 0.1) is 0 Å². The lowest BCUT2D eigenvalue weighted by Gasteiger charge is -2.37. The molecule has 1 aromatic carbocycles. The molecule has 1 aromatic rings. The average Bonchev–Trinajstić information content (AvgIpc) is 2.56. The van der Waals surface area contributed by atoms with Gasteiger partial charge in [-0.2, -0.15) is 0 Å². The minimum Gasteiger partial charge on any atom is -0.444 e. The molecule has 0 saturated carbocycles. The second kappa shape index (κ2) is 8.49. The van der Waals surface area contributed by atoms with E-state index >= 15 is 0 Å². The molecule has 1 aliphatic rings. The lowest BCUT2D eigenvalue weighted by atomic mass is 10.0. The Balaban J connectivity index is 2.11. The average molecular weight is 401 g/mol. The summed E-state index contributed by atoms with van der Waals surface area (Å²) in [6.45, 7) is 6.31. The number of hydrogen-bond donors (Lipinski definition) is 0. The number of amides is 2. The molecule has 0 aliphatic carbocycles. The van der Waals surface area contributed by atoms with Gasteiger partial charge in [-0.05, 0) is 63.8 Å². The fourth-order valence-corrected chi connectivity index (χ4v) is 3.35. The topological polar surface area (TPSA) is 49.9 Å². The molecular formula is C19H26Cl2N2O3. The molecule has 0 unspecified atom stereocenters. The quantitative estimate of drug-likeness (QED) is 0.735.